The summed E-state index contributed by atoms with van der Waals surface area (Å²) in [5.41, 5.74) is -4.50. The normalized spacial score (nSPS) is 29.8. The number of rotatable bonds is 6. The van der Waals surface area contributed by atoms with Crippen molar-refractivity contribution in [1.29, 1.82) is 0 Å². The van der Waals surface area contributed by atoms with Gasteiger partial charge in [-0.1, -0.05) is 0 Å². The Balaban J connectivity index is 3.22. The van der Waals surface area contributed by atoms with E-state index in [-0.39, 0.29) is 32.5 Å². The minimum Gasteiger partial charge on any atom is -0.465 e. The molecular formula is C14H22O7. The first-order valence-corrected chi connectivity index (χ1v) is 7.03. The summed E-state index contributed by atoms with van der Waals surface area (Å²) < 4.78 is 9.57. The third-order valence-corrected chi connectivity index (χ3v) is 3.83. The molecule has 3 unspecified atom stereocenters. The molecule has 0 saturated heterocycles. The highest BCUT2D eigenvalue weighted by atomic mass is 16.6. The number of Topliss-reactive ketones (excluding diaryl/α,β-unsaturated/α-hetero) is 1. The molecule has 7 heteroatoms. The summed E-state index contributed by atoms with van der Waals surface area (Å²) in [7, 11) is 0. The second-order valence-electron chi connectivity index (χ2n) is 5.15. The van der Waals surface area contributed by atoms with Crippen molar-refractivity contribution in [3.63, 3.8) is 0 Å². The van der Waals surface area contributed by atoms with Crippen LogP contribution in [0.2, 0.25) is 0 Å². The Morgan fingerprint density at radius 3 is 2.14 bits per heavy atom. The first kappa shape index (κ1) is 17.6. The van der Waals surface area contributed by atoms with Crippen molar-refractivity contribution in [2.75, 3.05) is 13.2 Å². The van der Waals surface area contributed by atoms with E-state index in [0.29, 0.717) is 0 Å². The van der Waals surface area contributed by atoms with Crippen molar-refractivity contribution in [3.05, 3.63) is 0 Å². The minimum absolute atomic E-state index is 0.0152. The van der Waals surface area contributed by atoms with Crippen LogP contribution in [0.15, 0.2) is 0 Å². The molecule has 1 rings (SSSR count). The number of carbonyl (C=O) groups is 3. The third-order valence-electron chi connectivity index (χ3n) is 3.83. The van der Waals surface area contributed by atoms with Gasteiger partial charge < -0.3 is 19.7 Å². The molecule has 1 fully saturated rings. The predicted molar refractivity (Wildman–Crippen MR) is 71.2 cm³/mol. The first-order chi connectivity index (χ1) is 9.74. The monoisotopic (exact) mass is 302 g/mol. The average molecular weight is 302 g/mol. The van der Waals surface area contributed by atoms with Gasteiger partial charge in [0.2, 0.25) is 0 Å². The van der Waals surface area contributed by atoms with Crippen molar-refractivity contribution in [1.82, 2.24) is 0 Å². The van der Waals surface area contributed by atoms with Gasteiger partial charge in [0, 0.05) is 0 Å². The SMILES string of the molecule is CCOC(=O)C(C(C)=O)C1(O)CCCC1(O)C(=O)OCC. The van der Waals surface area contributed by atoms with E-state index in [1.54, 1.807) is 13.8 Å². The zero-order valence-electron chi connectivity index (χ0n) is 12.5. The van der Waals surface area contributed by atoms with Crippen LogP contribution in [0.4, 0.5) is 0 Å². The minimum atomic E-state index is -2.29. The lowest BCUT2D eigenvalue weighted by molar-refractivity contribution is -0.205. The first-order valence-electron chi connectivity index (χ1n) is 7.03. The molecule has 1 saturated carbocycles. The fraction of sp³-hybridized carbons (Fsp3) is 0.786. The highest BCUT2D eigenvalue weighted by molar-refractivity contribution is 6.00. The Labute approximate surface area is 123 Å². The maximum Gasteiger partial charge on any atom is 0.341 e. The molecule has 0 heterocycles. The number of carbonyl (C=O) groups excluding carboxylic acids is 3. The van der Waals surface area contributed by atoms with Crippen LogP contribution in [0.5, 0.6) is 0 Å². The summed E-state index contributed by atoms with van der Waals surface area (Å²) in [6.07, 6.45) is 0.145. The molecule has 0 radical (unpaired) electrons. The Morgan fingerprint density at radius 2 is 1.67 bits per heavy atom. The maximum atomic E-state index is 12.0. The van der Waals surface area contributed by atoms with Crippen LogP contribution in [0.1, 0.15) is 40.0 Å². The topological polar surface area (TPSA) is 110 Å². The molecule has 120 valence electrons. The van der Waals surface area contributed by atoms with Crippen molar-refractivity contribution in [2.24, 2.45) is 5.92 Å². The Morgan fingerprint density at radius 1 is 1.10 bits per heavy atom. The number of ether oxygens (including phenoxy) is 2. The zero-order chi connectivity index (χ0) is 16.3. The van der Waals surface area contributed by atoms with Crippen molar-refractivity contribution < 1.29 is 34.1 Å². The molecule has 0 bridgehead atoms. The van der Waals surface area contributed by atoms with E-state index in [9.17, 15) is 24.6 Å². The molecule has 3 atom stereocenters. The van der Waals surface area contributed by atoms with Crippen LogP contribution < -0.4 is 0 Å². The van der Waals surface area contributed by atoms with E-state index in [0.717, 1.165) is 6.92 Å². The molecule has 0 aliphatic heterocycles. The maximum absolute atomic E-state index is 12.0. The van der Waals surface area contributed by atoms with Gasteiger partial charge in [-0.25, -0.2) is 4.79 Å². The van der Waals surface area contributed by atoms with Gasteiger partial charge in [0.05, 0.1) is 13.2 Å². The van der Waals surface area contributed by atoms with Gasteiger partial charge >= 0.3 is 11.9 Å². The summed E-state index contributed by atoms with van der Waals surface area (Å²) in [4.78, 5) is 35.8. The molecule has 21 heavy (non-hydrogen) atoms. The molecule has 0 aromatic rings. The lowest BCUT2D eigenvalue weighted by Gasteiger charge is -2.39. The highest BCUT2D eigenvalue weighted by Gasteiger charge is 2.65. The number of aliphatic hydroxyl groups is 2. The molecule has 0 aromatic carbocycles. The molecule has 0 amide bonds. The van der Waals surface area contributed by atoms with Gasteiger partial charge in [-0.15, -0.1) is 0 Å². The van der Waals surface area contributed by atoms with Crippen LogP contribution in [-0.2, 0) is 23.9 Å². The molecule has 0 aromatic heterocycles. The summed E-state index contributed by atoms with van der Waals surface area (Å²) >= 11 is 0. The van der Waals surface area contributed by atoms with Crippen LogP contribution in [0.25, 0.3) is 0 Å². The standard InChI is InChI=1S/C14H22O7/c1-4-20-11(16)10(9(3)15)13(18)7-6-8-14(13,19)12(17)21-5-2/h10,18-19H,4-8H2,1-3H3. The largest absolute Gasteiger partial charge is 0.465 e. The highest BCUT2D eigenvalue weighted by Crippen LogP contribution is 2.45. The summed E-state index contributed by atoms with van der Waals surface area (Å²) in [6, 6.07) is 0. The van der Waals surface area contributed by atoms with Crippen molar-refractivity contribution in [3.8, 4) is 0 Å². The third kappa shape index (κ3) is 2.94. The van der Waals surface area contributed by atoms with Crippen LogP contribution in [-0.4, -0.2) is 52.4 Å². The fourth-order valence-electron chi connectivity index (χ4n) is 2.87. The molecule has 2 N–H and O–H groups in total. The molecule has 1 aliphatic rings. The summed E-state index contributed by atoms with van der Waals surface area (Å²) in [6.45, 7) is 4.27. The lowest BCUT2D eigenvalue weighted by Crippen LogP contribution is -2.63. The van der Waals surface area contributed by atoms with E-state index < -0.39 is 34.8 Å². The molecular weight excluding hydrogens is 280 g/mol. The number of hydrogen-bond donors (Lipinski definition) is 2. The van der Waals surface area contributed by atoms with Crippen LogP contribution in [0, 0.1) is 5.92 Å². The van der Waals surface area contributed by atoms with Crippen LogP contribution >= 0.6 is 0 Å². The lowest BCUT2D eigenvalue weighted by atomic mass is 9.74. The second kappa shape index (κ2) is 6.53. The predicted octanol–water partition coefficient (Wildman–Crippen LogP) is -0.0361. The van der Waals surface area contributed by atoms with Gasteiger partial charge in [0.1, 0.15) is 17.3 Å². The average Bonchev–Trinajstić information content (AvgIpc) is 2.67. The Kier molecular flexibility index (Phi) is 5.47. The quantitative estimate of drug-likeness (QED) is 0.523. The summed E-state index contributed by atoms with van der Waals surface area (Å²) in [5, 5.41) is 21.3. The van der Waals surface area contributed by atoms with Gasteiger partial charge in [-0.2, -0.15) is 0 Å². The van der Waals surface area contributed by atoms with Crippen LogP contribution in [0.3, 0.4) is 0 Å². The molecule has 7 nitrogen and oxygen atoms in total. The van der Waals surface area contributed by atoms with E-state index in [2.05, 4.69) is 0 Å². The van der Waals surface area contributed by atoms with E-state index in [1.165, 1.54) is 0 Å². The number of ketones is 1. The van der Waals surface area contributed by atoms with Crippen molar-refractivity contribution in [2.45, 2.75) is 51.2 Å². The van der Waals surface area contributed by atoms with E-state index in [1.807, 2.05) is 0 Å². The van der Waals surface area contributed by atoms with Gasteiger partial charge in [-0.05, 0) is 40.0 Å². The Hall–Kier alpha value is -1.47. The van der Waals surface area contributed by atoms with Crippen molar-refractivity contribution >= 4 is 17.7 Å². The number of hydrogen-bond acceptors (Lipinski definition) is 7. The summed E-state index contributed by atoms with van der Waals surface area (Å²) in [5.74, 6) is -4.26. The van der Waals surface area contributed by atoms with Gasteiger partial charge in [-0.3, -0.25) is 9.59 Å². The zero-order valence-corrected chi connectivity index (χ0v) is 12.5. The Bertz CT molecular complexity index is 433. The number of esters is 2. The smallest absolute Gasteiger partial charge is 0.341 e. The van der Waals surface area contributed by atoms with E-state index >= 15 is 0 Å². The van der Waals surface area contributed by atoms with Gasteiger partial charge in [0.25, 0.3) is 0 Å². The van der Waals surface area contributed by atoms with E-state index in [4.69, 9.17) is 9.47 Å². The molecule has 1 aliphatic carbocycles. The van der Waals surface area contributed by atoms with Gasteiger partial charge in [0.15, 0.2) is 5.60 Å². The fourth-order valence-corrected chi connectivity index (χ4v) is 2.87. The molecule has 0 spiro atoms. The second-order valence-corrected chi connectivity index (χ2v) is 5.15.